The van der Waals surface area contributed by atoms with E-state index in [9.17, 15) is 9.59 Å². The Hall–Kier alpha value is -1.04. The van der Waals surface area contributed by atoms with Crippen LogP contribution in [0, 0.1) is 0 Å². The van der Waals surface area contributed by atoms with Crippen molar-refractivity contribution < 1.29 is 19.1 Å². The van der Waals surface area contributed by atoms with Crippen LogP contribution in [0.1, 0.15) is 27.9 Å². The average molecular weight is 256 g/mol. The Bertz CT molecular complexity index is 393. The van der Waals surface area contributed by atoms with E-state index in [1.54, 1.807) is 6.07 Å². The molecule has 0 amide bonds. The van der Waals surface area contributed by atoms with Gasteiger partial charge in [0.1, 0.15) is 0 Å². The van der Waals surface area contributed by atoms with E-state index in [2.05, 4.69) is 0 Å². The molecule has 4 nitrogen and oxygen atoms in total. The smallest absolute Gasteiger partial charge is 0.217 e. The summed E-state index contributed by atoms with van der Waals surface area (Å²) >= 11 is 1.43. The van der Waals surface area contributed by atoms with E-state index in [1.807, 2.05) is 13.0 Å². The Labute approximate surface area is 105 Å². The van der Waals surface area contributed by atoms with E-state index in [-0.39, 0.29) is 18.0 Å². The van der Waals surface area contributed by atoms with Gasteiger partial charge in [0.2, 0.25) is 6.29 Å². The molecule has 1 heterocycles. The maximum atomic E-state index is 11.8. The number of rotatable bonds is 7. The van der Waals surface area contributed by atoms with E-state index in [1.165, 1.54) is 25.6 Å². The Morgan fingerprint density at radius 1 is 1.29 bits per heavy atom. The van der Waals surface area contributed by atoms with Gasteiger partial charge < -0.3 is 9.47 Å². The number of methoxy groups -OCH3 is 2. The molecule has 1 aromatic rings. The second kappa shape index (κ2) is 6.64. The molecule has 0 aromatic carbocycles. The van der Waals surface area contributed by atoms with E-state index in [4.69, 9.17) is 9.47 Å². The molecule has 5 heteroatoms. The second-order valence-corrected chi connectivity index (χ2v) is 4.66. The van der Waals surface area contributed by atoms with E-state index in [0.29, 0.717) is 4.88 Å². The number of aryl methyl sites for hydroxylation is 1. The second-order valence-electron chi connectivity index (χ2n) is 3.49. The van der Waals surface area contributed by atoms with E-state index >= 15 is 0 Å². The molecule has 0 saturated carbocycles. The summed E-state index contributed by atoms with van der Waals surface area (Å²) in [6.07, 6.45) is -0.245. The molecule has 0 aliphatic rings. The number of Topliss-reactive ketones (excluding diaryl/α,β-unsaturated/α-hetero) is 2. The first-order valence-electron chi connectivity index (χ1n) is 5.32. The summed E-state index contributed by atoms with van der Waals surface area (Å²) in [6.45, 7) is 2.02. The quantitative estimate of drug-likeness (QED) is 0.426. The molecule has 0 radical (unpaired) electrons. The van der Waals surface area contributed by atoms with Gasteiger partial charge in [-0.05, 0) is 18.6 Å². The minimum Gasteiger partial charge on any atom is -0.349 e. The van der Waals surface area contributed by atoms with Crippen LogP contribution in [0.3, 0.4) is 0 Å². The largest absolute Gasteiger partial charge is 0.349 e. The molecule has 0 aliphatic carbocycles. The van der Waals surface area contributed by atoms with Crippen molar-refractivity contribution in [2.45, 2.75) is 26.1 Å². The summed E-state index contributed by atoms with van der Waals surface area (Å²) in [7, 11) is 2.74. The van der Waals surface area contributed by atoms with Crippen LogP contribution in [0.2, 0.25) is 0 Å². The van der Waals surface area contributed by atoms with Crippen molar-refractivity contribution in [1.82, 2.24) is 0 Å². The van der Waals surface area contributed by atoms with Gasteiger partial charge in [-0.3, -0.25) is 9.59 Å². The van der Waals surface area contributed by atoms with Gasteiger partial charge in [-0.25, -0.2) is 0 Å². The molecule has 17 heavy (non-hydrogen) atoms. The van der Waals surface area contributed by atoms with Gasteiger partial charge in [-0.1, -0.05) is 6.92 Å². The lowest BCUT2D eigenvalue weighted by Crippen LogP contribution is -2.26. The third-order valence-corrected chi connectivity index (χ3v) is 3.58. The Morgan fingerprint density at radius 2 is 1.94 bits per heavy atom. The standard InChI is InChI=1S/C12H16O4S/c1-4-8-5-6-11(17-8)9(13)7-10(14)12(15-2)16-3/h5-6,12H,4,7H2,1-3H3. The van der Waals surface area contributed by atoms with Gasteiger partial charge in [0.25, 0.3) is 0 Å². The lowest BCUT2D eigenvalue weighted by Gasteiger charge is -2.10. The van der Waals surface area contributed by atoms with Crippen molar-refractivity contribution in [2.24, 2.45) is 0 Å². The average Bonchev–Trinajstić information content (AvgIpc) is 2.79. The van der Waals surface area contributed by atoms with Crippen molar-refractivity contribution in [1.29, 1.82) is 0 Å². The summed E-state index contributed by atoms with van der Waals surface area (Å²) in [5.41, 5.74) is 0. The van der Waals surface area contributed by atoms with Gasteiger partial charge in [-0.15, -0.1) is 11.3 Å². The fourth-order valence-electron chi connectivity index (χ4n) is 1.41. The maximum Gasteiger partial charge on any atom is 0.217 e. The fourth-order valence-corrected chi connectivity index (χ4v) is 2.29. The predicted molar refractivity (Wildman–Crippen MR) is 65.5 cm³/mol. The number of ketones is 2. The SMILES string of the molecule is CCc1ccc(C(=O)CC(=O)C(OC)OC)s1. The zero-order valence-corrected chi connectivity index (χ0v) is 11.0. The highest BCUT2D eigenvalue weighted by atomic mass is 32.1. The van der Waals surface area contributed by atoms with Crippen molar-refractivity contribution in [3.63, 3.8) is 0 Å². The van der Waals surface area contributed by atoms with E-state index in [0.717, 1.165) is 11.3 Å². The third kappa shape index (κ3) is 3.73. The molecule has 0 N–H and O–H groups in total. The molecule has 1 aromatic heterocycles. The summed E-state index contributed by atoms with van der Waals surface area (Å²) < 4.78 is 9.61. The van der Waals surface area contributed by atoms with Crippen LogP contribution in [0.4, 0.5) is 0 Å². The van der Waals surface area contributed by atoms with Crippen LogP contribution in [0.15, 0.2) is 12.1 Å². The fraction of sp³-hybridized carbons (Fsp3) is 0.500. The molecule has 0 unspecified atom stereocenters. The molecular weight excluding hydrogens is 240 g/mol. The molecule has 0 fully saturated rings. The molecule has 0 aliphatic heterocycles. The number of hydrogen-bond acceptors (Lipinski definition) is 5. The van der Waals surface area contributed by atoms with Crippen LogP contribution in [-0.4, -0.2) is 32.1 Å². The van der Waals surface area contributed by atoms with Gasteiger partial charge in [-0.2, -0.15) is 0 Å². The summed E-state index contributed by atoms with van der Waals surface area (Å²) in [5, 5.41) is 0. The zero-order chi connectivity index (χ0) is 12.8. The number of carbonyl (C=O) groups excluding carboxylic acids is 2. The monoisotopic (exact) mass is 256 g/mol. The Kier molecular flexibility index (Phi) is 5.47. The predicted octanol–water partition coefficient (Wildman–Crippen LogP) is 2.07. The topological polar surface area (TPSA) is 52.6 Å². The van der Waals surface area contributed by atoms with Gasteiger partial charge in [0.05, 0.1) is 11.3 Å². The highest BCUT2D eigenvalue weighted by molar-refractivity contribution is 7.14. The molecule has 0 spiro atoms. The first-order valence-corrected chi connectivity index (χ1v) is 6.14. The first-order chi connectivity index (χ1) is 8.12. The lowest BCUT2D eigenvalue weighted by molar-refractivity contribution is -0.155. The van der Waals surface area contributed by atoms with Crippen molar-refractivity contribution in [2.75, 3.05) is 14.2 Å². The summed E-state index contributed by atoms with van der Waals surface area (Å²) in [4.78, 5) is 25.1. The van der Waals surface area contributed by atoms with Crippen LogP contribution in [-0.2, 0) is 20.7 Å². The van der Waals surface area contributed by atoms with Crippen LogP contribution in [0.5, 0.6) is 0 Å². The van der Waals surface area contributed by atoms with Crippen molar-refractivity contribution in [3.05, 3.63) is 21.9 Å². The molecule has 94 valence electrons. The highest BCUT2D eigenvalue weighted by Gasteiger charge is 2.21. The maximum absolute atomic E-state index is 11.8. The highest BCUT2D eigenvalue weighted by Crippen LogP contribution is 2.19. The molecule has 0 saturated heterocycles. The summed E-state index contributed by atoms with van der Waals surface area (Å²) in [6, 6.07) is 3.67. The number of carbonyl (C=O) groups is 2. The first kappa shape index (κ1) is 14.0. The Morgan fingerprint density at radius 3 is 2.41 bits per heavy atom. The van der Waals surface area contributed by atoms with Gasteiger partial charge >= 0.3 is 0 Å². The van der Waals surface area contributed by atoms with E-state index < -0.39 is 6.29 Å². The third-order valence-electron chi connectivity index (χ3n) is 2.31. The number of hydrogen-bond donors (Lipinski definition) is 0. The van der Waals surface area contributed by atoms with Gasteiger partial charge in [0, 0.05) is 19.1 Å². The normalized spacial score (nSPS) is 10.8. The minimum atomic E-state index is -0.954. The van der Waals surface area contributed by atoms with Gasteiger partial charge in [0.15, 0.2) is 11.6 Å². The number of thiophene rings is 1. The minimum absolute atomic E-state index is 0.182. The molecular formula is C12H16O4S. The number of ether oxygens (including phenoxy) is 2. The Balaban J connectivity index is 2.62. The summed E-state index contributed by atoms with van der Waals surface area (Å²) in [5.74, 6) is -0.537. The molecule has 0 atom stereocenters. The van der Waals surface area contributed by atoms with Crippen molar-refractivity contribution in [3.8, 4) is 0 Å². The molecule has 0 bridgehead atoms. The van der Waals surface area contributed by atoms with Crippen LogP contribution in [0.25, 0.3) is 0 Å². The van der Waals surface area contributed by atoms with Crippen molar-refractivity contribution >= 4 is 22.9 Å². The zero-order valence-electron chi connectivity index (χ0n) is 10.2. The van der Waals surface area contributed by atoms with Crippen LogP contribution < -0.4 is 0 Å². The lowest BCUT2D eigenvalue weighted by atomic mass is 10.1. The molecule has 1 rings (SSSR count). The van der Waals surface area contributed by atoms with Crippen LogP contribution >= 0.6 is 11.3 Å².